The van der Waals surface area contributed by atoms with Crippen LogP contribution < -0.4 is 0 Å². The molecule has 0 aliphatic heterocycles. The van der Waals surface area contributed by atoms with E-state index in [4.69, 9.17) is 9.97 Å². The van der Waals surface area contributed by atoms with Crippen molar-refractivity contribution < 1.29 is 0 Å². The fourth-order valence-electron chi connectivity index (χ4n) is 8.90. The third kappa shape index (κ3) is 3.59. The summed E-state index contributed by atoms with van der Waals surface area (Å²) in [6.07, 6.45) is 0. The second-order valence-electron chi connectivity index (χ2n) is 14.2. The number of rotatable bonds is 3. The zero-order valence-electron chi connectivity index (χ0n) is 27.8. The number of nitrogens with zero attached hydrogens (tertiary/aromatic N) is 3. The minimum atomic E-state index is -0.131. The molecule has 0 spiro atoms. The van der Waals surface area contributed by atoms with Gasteiger partial charge in [-0.2, -0.15) is 0 Å². The number of fused-ring (bicyclic) bond motifs is 4. The molecule has 0 saturated carbocycles. The van der Waals surface area contributed by atoms with Crippen LogP contribution in [-0.2, 0) is 5.41 Å². The van der Waals surface area contributed by atoms with Crippen molar-refractivity contribution in [3.63, 3.8) is 0 Å². The van der Waals surface area contributed by atoms with Gasteiger partial charge in [0.15, 0.2) is 0 Å². The van der Waals surface area contributed by atoms with Crippen molar-refractivity contribution in [2.75, 3.05) is 0 Å². The van der Waals surface area contributed by atoms with E-state index in [0.29, 0.717) is 5.95 Å². The molecule has 0 bridgehead atoms. The van der Waals surface area contributed by atoms with E-state index in [1.54, 1.807) is 0 Å². The SMILES string of the molecule is CC1(C)c2cccc3c4ccccc4c4cccc5c4c4c(c1ccc4n5-c1nc(-c4cccc(-c5ccccc5)c4)c4ccccc4n1)c23. The molecule has 1 aliphatic rings. The molecular weight excluding hydrogens is 607 g/mol. The van der Waals surface area contributed by atoms with Gasteiger partial charge in [0.1, 0.15) is 0 Å². The van der Waals surface area contributed by atoms with E-state index >= 15 is 0 Å². The van der Waals surface area contributed by atoms with E-state index in [1.165, 1.54) is 65.3 Å². The van der Waals surface area contributed by atoms with Gasteiger partial charge in [-0.25, -0.2) is 9.97 Å². The van der Waals surface area contributed by atoms with Gasteiger partial charge in [0.05, 0.1) is 22.2 Å². The Bertz CT molecular complexity index is 3060. The first-order chi connectivity index (χ1) is 24.6. The lowest BCUT2D eigenvalue weighted by atomic mass is 9.81. The minimum absolute atomic E-state index is 0.131. The molecular formula is C47H31N3. The number of benzene rings is 7. The fraction of sp³-hybridized carbons (Fsp3) is 0.0638. The third-order valence-electron chi connectivity index (χ3n) is 11.2. The average molecular weight is 638 g/mol. The quantitative estimate of drug-likeness (QED) is 0.193. The van der Waals surface area contributed by atoms with Crippen molar-refractivity contribution in [3.05, 3.63) is 163 Å². The Balaban J connectivity index is 1.31. The number of aromatic nitrogens is 3. The van der Waals surface area contributed by atoms with Crippen LogP contribution in [0.1, 0.15) is 25.0 Å². The molecule has 2 aromatic heterocycles. The second kappa shape index (κ2) is 9.87. The average Bonchev–Trinajstić information content (AvgIpc) is 3.63. The van der Waals surface area contributed by atoms with Crippen LogP contribution in [0, 0.1) is 0 Å². The van der Waals surface area contributed by atoms with E-state index in [9.17, 15) is 0 Å². The van der Waals surface area contributed by atoms with Gasteiger partial charge in [0.25, 0.3) is 0 Å². The molecule has 0 fully saturated rings. The normalized spacial score (nSPS) is 13.6. The lowest BCUT2D eigenvalue weighted by Gasteiger charge is -2.22. The first-order valence-corrected chi connectivity index (χ1v) is 17.4. The summed E-state index contributed by atoms with van der Waals surface area (Å²) >= 11 is 0. The first-order valence-electron chi connectivity index (χ1n) is 17.4. The standard InChI is InChI=1S/C47H31N3/c1-47(2)36-22-11-20-33-31-17-6-7-18-32(31)34-21-12-24-39-42(34)44-40(26-25-37(47)43(44)41(33)36)50(39)46-48-38-23-9-8-19-35(38)45(49-46)30-16-10-15-29(27-30)28-13-4-3-5-14-28/h3-27H,1-2H3. The molecule has 2 heterocycles. The van der Waals surface area contributed by atoms with Crippen molar-refractivity contribution in [1.29, 1.82) is 0 Å². The van der Waals surface area contributed by atoms with E-state index in [1.807, 2.05) is 0 Å². The zero-order valence-corrected chi connectivity index (χ0v) is 27.8. The molecule has 1 aliphatic carbocycles. The molecule has 0 saturated heterocycles. The van der Waals surface area contributed by atoms with Crippen molar-refractivity contribution in [3.8, 4) is 28.3 Å². The molecule has 0 amide bonds. The summed E-state index contributed by atoms with van der Waals surface area (Å²) in [5.41, 5.74) is 10.1. The molecule has 11 rings (SSSR count). The Labute approximate surface area is 289 Å². The van der Waals surface area contributed by atoms with Crippen LogP contribution in [0.25, 0.3) is 93.4 Å². The summed E-state index contributed by atoms with van der Waals surface area (Å²) in [5.74, 6) is 0.680. The molecule has 10 aromatic rings. The van der Waals surface area contributed by atoms with Gasteiger partial charge in [0.2, 0.25) is 5.95 Å². The number of hydrogen-bond acceptors (Lipinski definition) is 2. The summed E-state index contributed by atoms with van der Waals surface area (Å²) in [6.45, 7) is 4.75. The van der Waals surface area contributed by atoms with Crippen molar-refractivity contribution in [1.82, 2.24) is 14.5 Å². The molecule has 0 N–H and O–H groups in total. The maximum absolute atomic E-state index is 5.48. The van der Waals surface area contributed by atoms with Crippen LogP contribution in [0.2, 0.25) is 0 Å². The van der Waals surface area contributed by atoms with Gasteiger partial charge in [0, 0.05) is 27.1 Å². The molecule has 0 atom stereocenters. The van der Waals surface area contributed by atoms with Crippen LogP contribution in [0.4, 0.5) is 0 Å². The molecule has 234 valence electrons. The van der Waals surface area contributed by atoms with Gasteiger partial charge in [-0.15, -0.1) is 0 Å². The van der Waals surface area contributed by atoms with E-state index in [0.717, 1.165) is 33.2 Å². The largest absolute Gasteiger partial charge is 0.278 e. The summed E-state index contributed by atoms with van der Waals surface area (Å²) in [7, 11) is 0. The monoisotopic (exact) mass is 637 g/mol. The highest BCUT2D eigenvalue weighted by atomic mass is 15.2. The third-order valence-corrected chi connectivity index (χ3v) is 11.2. The summed E-state index contributed by atoms with van der Waals surface area (Å²) in [6, 6.07) is 54.9. The Hall–Kier alpha value is -6.32. The Morgan fingerprint density at radius 1 is 0.420 bits per heavy atom. The van der Waals surface area contributed by atoms with Gasteiger partial charge in [-0.05, 0) is 78.8 Å². The van der Waals surface area contributed by atoms with Crippen LogP contribution in [0.5, 0.6) is 0 Å². The van der Waals surface area contributed by atoms with Crippen LogP contribution >= 0.6 is 0 Å². The summed E-state index contributed by atoms with van der Waals surface area (Å²) in [5, 5.41) is 11.4. The Kier molecular flexibility index (Phi) is 5.45. The van der Waals surface area contributed by atoms with Gasteiger partial charge in [-0.1, -0.05) is 141 Å². The highest BCUT2D eigenvalue weighted by Crippen LogP contribution is 2.53. The topological polar surface area (TPSA) is 30.7 Å². The number of para-hydroxylation sites is 1. The zero-order chi connectivity index (χ0) is 33.1. The molecule has 3 nitrogen and oxygen atoms in total. The predicted molar refractivity (Wildman–Crippen MR) is 209 cm³/mol. The summed E-state index contributed by atoms with van der Waals surface area (Å²) < 4.78 is 2.31. The van der Waals surface area contributed by atoms with Gasteiger partial charge >= 0.3 is 0 Å². The van der Waals surface area contributed by atoms with E-state index in [-0.39, 0.29) is 5.41 Å². The lowest BCUT2D eigenvalue weighted by Crippen LogP contribution is -2.15. The smallest absolute Gasteiger partial charge is 0.235 e. The van der Waals surface area contributed by atoms with E-state index in [2.05, 4.69) is 170 Å². The first kappa shape index (κ1) is 27.6. The Morgan fingerprint density at radius 2 is 1.02 bits per heavy atom. The predicted octanol–water partition coefficient (Wildman–Crippen LogP) is 12.2. The maximum atomic E-state index is 5.48. The fourth-order valence-corrected chi connectivity index (χ4v) is 8.90. The van der Waals surface area contributed by atoms with E-state index < -0.39 is 0 Å². The molecule has 0 radical (unpaired) electrons. The second-order valence-corrected chi connectivity index (χ2v) is 14.2. The van der Waals surface area contributed by atoms with Gasteiger partial charge < -0.3 is 0 Å². The minimum Gasteiger partial charge on any atom is -0.278 e. The van der Waals surface area contributed by atoms with Crippen molar-refractivity contribution in [2.45, 2.75) is 19.3 Å². The van der Waals surface area contributed by atoms with Crippen molar-refractivity contribution >= 4 is 65.0 Å². The lowest BCUT2D eigenvalue weighted by molar-refractivity contribution is 0.663. The Morgan fingerprint density at radius 3 is 1.84 bits per heavy atom. The maximum Gasteiger partial charge on any atom is 0.235 e. The summed E-state index contributed by atoms with van der Waals surface area (Å²) in [4.78, 5) is 10.8. The van der Waals surface area contributed by atoms with Crippen LogP contribution in [-0.4, -0.2) is 14.5 Å². The van der Waals surface area contributed by atoms with Gasteiger partial charge in [-0.3, -0.25) is 4.57 Å². The molecule has 8 aromatic carbocycles. The van der Waals surface area contributed by atoms with Crippen LogP contribution in [0.15, 0.2) is 152 Å². The van der Waals surface area contributed by atoms with Crippen LogP contribution in [0.3, 0.4) is 0 Å². The van der Waals surface area contributed by atoms with Crippen molar-refractivity contribution in [2.24, 2.45) is 0 Å². The highest BCUT2D eigenvalue weighted by molar-refractivity contribution is 6.35. The highest BCUT2D eigenvalue weighted by Gasteiger charge is 2.35. The molecule has 50 heavy (non-hydrogen) atoms. The molecule has 0 unspecified atom stereocenters. The molecule has 3 heteroatoms. The number of hydrogen-bond donors (Lipinski definition) is 0.